The number of benzene rings is 1. The molecular formula is C8H6Cl4. The van der Waals surface area contributed by atoms with Gasteiger partial charge in [-0.2, -0.15) is 0 Å². The van der Waals surface area contributed by atoms with Gasteiger partial charge in [-0.25, -0.2) is 0 Å². The molecule has 0 radical (unpaired) electrons. The van der Waals surface area contributed by atoms with E-state index in [1.807, 2.05) is 6.92 Å². The summed E-state index contributed by atoms with van der Waals surface area (Å²) in [6, 6.07) is 1.76. The Morgan fingerprint density at radius 2 is 1.75 bits per heavy atom. The summed E-state index contributed by atoms with van der Waals surface area (Å²) in [6.07, 6.45) is 0. The van der Waals surface area contributed by atoms with Crippen molar-refractivity contribution in [2.75, 3.05) is 0 Å². The molecule has 0 aliphatic heterocycles. The van der Waals surface area contributed by atoms with Gasteiger partial charge in [-0.15, -0.1) is 11.6 Å². The first kappa shape index (κ1) is 10.5. The first-order valence-electron chi connectivity index (χ1n) is 3.27. The van der Waals surface area contributed by atoms with E-state index in [0.29, 0.717) is 20.9 Å². The van der Waals surface area contributed by atoms with Gasteiger partial charge in [-0.3, -0.25) is 0 Å². The normalized spacial score (nSPS) is 10.4. The molecule has 0 aliphatic rings. The third kappa shape index (κ3) is 1.82. The lowest BCUT2D eigenvalue weighted by molar-refractivity contribution is 1.30. The molecule has 0 saturated heterocycles. The second-order valence-electron chi connectivity index (χ2n) is 2.42. The van der Waals surface area contributed by atoms with Crippen LogP contribution >= 0.6 is 46.4 Å². The minimum absolute atomic E-state index is 0.349. The van der Waals surface area contributed by atoms with E-state index in [1.54, 1.807) is 6.07 Å². The van der Waals surface area contributed by atoms with Gasteiger partial charge in [0.2, 0.25) is 0 Å². The second-order valence-corrected chi connectivity index (χ2v) is 3.85. The maximum Gasteiger partial charge on any atom is 0.0781 e. The van der Waals surface area contributed by atoms with E-state index in [9.17, 15) is 0 Å². The number of halogens is 4. The zero-order chi connectivity index (χ0) is 9.30. The summed E-state index contributed by atoms with van der Waals surface area (Å²) in [6.45, 7) is 1.89. The van der Waals surface area contributed by atoms with Gasteiger partial charge >= 0.3 is 0 Å². The smallest absolute Gasteiger partial charge is 0.0781 e. The first-order chi connectivity index (χ1) is 5.57. The van der Waals surface area contributed by atoms with Gasteiger partial charge in [0.1, 0.15) is 0 Å². The number of rotatable bonds is 1. The van der Waals surface area contributed by atoms with Crippen molar-refractivity contribution in [2.45, 2.75) is 12.8 Å². The van der Waals surface area contributed by atoms with Crippen molar-refractivity contribution >= 4 is 46.4 Å². The minimum Gasteiger partial charge on any atom is -0.121 e. The largest absolute Gasteiger partial charge is 0.121 e. The lowest BCUT2D eigenvalue weighted by Gasteiger charge is -2.07. The fourth-order valence-electron chi connectivity index (χ4n) is 0.915. The summed E-state index contributed by atoms with van der Waals surface area (Å²) < 4.78 is 0. The highest BCUT2D eigenvalue weighted by Crippen LogP contribution is 2.35. The van der Waals surface area contributed by atoms with E-state index >= 15 is 0 Å². The summed E-state index contributed by atoms with van der Waals surface area (Å²) in [7, 11) is 0. The molecule has 0 saturated carbocycles. The SMILES string of the molecule is Cc1cc(Cl)c(Cl)c(Cl)c1CCl. The van der Waals surface area contributed by atoms with E-state index < -0.39 is 0 Å². The van der Waals surface area contributed by atoms with E-state index in [0.717, 1.165) is 11.1 Å². The predicted molar refractivity (Wildman–Crippen MR) is 55.8 cm³/mol. The first-order valence-corrected chi connectivity index (χ1v) is 4.93. The zero-order valence-electron chi connectivity index (χ0n) is 6.30. The Bertz CT molecular complexity index is 306. The van der Waals surface area contributed by atoms with Crippen LogP contribution in [-0.4, -0.2) is 0 Å². The molecule has 0 atom stereocenters. The number of hydrogen-bond acceptors (Lipinski definition) is 0. The average Bonchev–Trinajstić information content (AvgIpc) is 2.01. The van der Waals surface area contributed by atoms with Gasteiger partial charge in [-0.05, 0) is 24.1 Å². The highest BCUT2D eigenvalue weighted by atomic mass is 35.5. The van der Waals surface area contributed by atoms with Crippen LogP contribution in [0.4, 0.5) is 0 Å². The van der Waals surface area contributed by atoms with E-state index in [1.165, 1.54) is 0 Å². The topological polar surface area (TPSA) is 0 Å². The predicted octanol–water partition coefficient (Wildman–Crippen LogP) is 4.69. The third-order valence-electron chi connectivity index (χ3n) is 1.62. The maximum absolute atomic E-state index is 5.90. The summed E-state index contributed by atoms with van der Waals surface area (Å²) in [5.41, 5.74) is 1.80. The van der Waals surface area contributed by atoms with Crippen LogP contribution in [0, 0.1) is 6.92 Å². The molecule has 0 unspecified atom stereocenters. The Hall–Kier alpha value is 0.380. The van der Waals surface area contributed by atoms with Crippen LogP contribution in [0.25, 0.3) is 0 Å². The molecule has 0 aromatic heterocycles. The van der Waals surface area contributed by atoms with Crippen LogP contribution in [0.2, 0.25) is 15.1 Å². The summed E-state index contributed by atoms with van der Waals surface area (Å²) in [5.74, 6) is 0.349. The number of alkyl halides is 1. The van der Waals surface area contributed by atoms with E-state index in [-0.39, 0.29) is 0 Å². The minimum atomic E-state index is 0.349. The number of hydrogen-bond donors (Lipinski definition) is 0. The van der Waals surface area contributed by atoms with Crippen molar-refractivity contribution in [2.24, 2.45) is 0 Å². The van der Waals surface area contributed by atoms with Crippen LogP contribution < -0.4 is 0 Å². The van der Waals surface area contributed by atoms with Gasteiger partial charge in [-0.1, -0.05) is 34.8 Å². The molecule has 0 nitrogen and oxygen atoms in total. The van der Waals surface area contributed by atoms with Crippen molar-refractivity contribution in [1.29, 1.82) is 0 Å². The molecule has 0 fully saturated rings. The molecule has 0 bridgehead atoms. The van der Waals surface area contributed by atoms with Gasteiger partial charge < -0.3 is 0 Å². The fraction of sp³-hybridized carbons (Fsp3) is 0.250. The lowest BCUT2D eigenvalue weighted by atomic mass is 10.1. The van der Waals surface area contributed by atoms with E-state index in [4.69, 9.17) is 46.4 Å². The molecule has 0 spiro atoms. The van der Waals surface area contributed by atoms with Crippen LogP contribution in [-0.2, 0) is 5.88 Å². The Morgan fingerprint density at radius 1 is 1.17 bits per heavy atom. The molecular weight excluding hydrogens is 238 g/mol. The Kier molecular flexibility index (Phi) is 3.54. The average molecular weight is 244 g/mol. The van der Waals surface area contributed by atoms with E-state index in [2.05, 4.69) is 0 Å². The van der Waals surface area contributed by atoms with Gasteiger partial charge in [0.15, 0.2) is 0 Å². The summed E-state index contributed by atoms with van der Waals surface area (Å²) in [5, 5.41) is 1.30. The Morgan fingerprint density at radius 3 is 2.25 bits per heavy atom. The fourth-order valence-corrected chi connectivity index (χ4v) is 2.12. The molecule has 0 amide bonds. The lowest BCUT2D eigenvalue weighted by Crippen LogP contribution is -1.88. The molecule has 0 N–H and O–H groups in total. The second kappa shape index (κ2) is 4.06. The number of aryl methyl sites for hydroxylation is 1. The van der Waals surface area contributed by atoms with Crippen LogP contribution in [0.1, 0.15) is 11.1 Å². The van der Waals surface area contributed by atoms with Crippen LogP contribution in [0.5, 0.6) is 0 Å². The molecule has 0 aliphatic carbocycles. The van der Waals surface area contributed by atoms with Crippen molar-refractivity contribution in [3.8, 4) is 0 Å². The highest BCUT2D eigenvalue weighted by Gasteiger charge is 2.10. The maximum atomic E-state index is 5.90. The van der Waals surface area contributed by atoms with Crippen molar-refractivity contribution in [1.82, 2.24) is 0 Å². The highest BCUT2D eigenvalue weighted by molar-refractivity contribution is 6.48. The third-order valence-corrected chi connectivity index (χ3v) is 3.19. The zero-order valence-corrected chi connectivity index (χ0v) is 9.32. The molecule has 1 aromatic carbocycles. The van der Waals surface area contributed by atoms with Gasteiger partial charge in [0.25, 0.3) is 0 Å². The molecule has 0 heterocycles. The monoisotopic (exact) mass is 242 g/mol. The van der Waals surface area contributed by atoms with Crippen molar-refractivity contribution in [3.63, 3.8) is 0 Å². The van der Waals surface area contributed by atoms with Crippen LogP contribution in [0.3, 0.4) is 0 Å². The molecule has 1 rings (SSSR count). The summed E-state index contributed by atoms with van der Waals surface area (Å²) in [4.78, 5) is 0. The molecule has 12 heavy (non-hydrogen) atoms. The molecule has 66 valence electrons. The molecule has 4 heteroatoms. The van der Waals surface area contributed by atoms with Crippen molar-refractivity contribution < 1.29 is 0 Å². The Balaban J connectivity index is 3.40. The van der Waals surface area contributed by atoms with Crippen molar-refractivity contribution in [3.05, 3.63) is 32.3 Å². The van der Waals surface area contributed by atoms with Gasteiger partial charge in [0.05, 0.1) is 15.1 Å². The van der Waals surface area contributed by atoms with Gasteiger partial charge in [0, 0.05) is 5.88 Å². The Labute approximate surface area is 91.4 Å². The standard InChI is InChI=1S/C8H6Cl4/c1-4-2-6(10)8(12)7(11)5(4)3-9/h2H,3H2,1H3. The van der Waals surface area contributed by atoms with Crippen LogP contribution in [0.15, 0.2) is 6.07 Å². The quantitative estimate of drug-likeness (QED) is 0.496. The summed E-state index contributed by atoms with van der Waals surface area (Å²) >= 11 is 23.2. The molecule has 1 aromatic rings.